The third-order valence-electron chi connectivity index (χ3n) is 3.24. The first-order valence-electron chi connectivity index (χ1n) is 5.44. The Morgan fingerprint density at radius 2 is 2.12 bits per heavy atom. The molecule has 0 bridgehead atoms. The number of carbonyl (C=O) groups is 1. The summed E-state index contributed by atoms with van der Waals surface area (Å²) in [6, 6.07) is 0. The van der Waals surface area contributed by atoms with Crippen LogP contribution in [0.3, 0.4) is 0 Å². The maximum Gasteiger partial charge on any atom is 0.290 e. The van der Waals surface area contributed by atoms with Gasteiger partial charge < -0.3 is 16.0 Å². The van der Waals surface area contributed by atoms with Crippen molar-refractivity contribution in [2.45, 2.75) is 38.1 Å². The molecule has 0 aliphatic heterocycles. The molecule has 1 aliphatic rings. The predicted molar refractivity (Wildman–Crippen MR) is 56.3 cm³/mol. The summed E-state index contributed by atoms with van der Waals surface area (Å²) in [5.41, 5.74) is 10.7. The minimum absolute atomic E-state index is 0.0987. The fourth-order valence-corrected chi connectivity index (χ4v) is 2.02. The molecule has 6 heteroatoms. The number of nitrogens with two attached hydrogens (primary N) is 2. The molecule has 2 rings (SSSR count). The van der Waals surface area contributed by atoms with Crippen LogP contribution in [0.2, 0.25) is 0 Å². The van der Waals surface area contributed by atoms with E-state index in [1.54, 1.807) is 0 Å². The van der Waals surface area contributed by atoms with Crippen LogP contribution in [0.5, 0.6) is 0 Å². The van der Waals surface area contributed by atoms with Gasteiger partial charge in [-0.25, -0.2) is 0 Å². The zero-order chi connectivity index (χ0) is 11.8. The second-order valence-electron chi connectivity index (χ2n) is 4.63. The van der Waals surface area contributed by atoms with Gasteiger partial charge in [-0.3, -0.25) is 4.79 Å². The van der Waals surface area contributed by atoms with Crippen molar-refractivity contribution >= 4 is 5.91 Å². The van der Waals surface area contributed by atoms with Crippen LogP contribution < -0.4 is 11.5 Å². The number of rotatable bonds is 2. The monoisotopic (exact) mass is 224 g/mol. The first kappa shape index (κ1) is 11.1. The van der Waals surface area contributed by atoms with E-state index in [1.807, 2.05) is 0 Å². The highest BCUT2D eigenvalue weighted by Crippen LogP contribution is 2.36. The molecule has 1 fully saturated rings. The van der Waals surface area contributed by atoms with Crippen LogP contribution in [-0.2, 0) is 5.54 Å². The topological polar surface area (TPSA) is 108 Å². The lowest BCUT2D eigenvalue weighted by Crippen LogP contribution is -2.40. The molecule has 4 N–H and O–H groups in total. The normalized spacial score (nSPS) is 30.2. The van der Waals surface area contributed by atoms with E-state index in [9.17, 15) is 4.79 Å². The van der Waals surface area contributed by atoms with E-state index >= 15 is 0 Å². The third kappa shape index (κ3) is 1.92. The SMILES string of the molecule is CC1CCC(N)(c2nc(C(N)=O)no2)CC1. The van der Waals surface area contributed by atoms with Gasteiger partial charge in [0.05, 0.1) is 5.54 Å². The van der Waals surface area contributed by atoms with Crippen molar-refractivity contribution in [1.29, 1.82) is 0 Å². The molecule has 1 saturated carbocycles. The van der Waals surface area contributed by atoms with E-state index in [-0.39, 0.29) is 5.82 Å². The van der Waals surface area contributed by atoms with E-state index in [0.717, 1.165) is 25.7 Å². The molecule has 0 aromatic carbocycles. The summed E-state index contributed by atoms with van der Waals surface area (Å²) in [5.74, 6) is 0.213. The summed E-state index contributed by atoms with van der Waals surface area (Å²) in [7, 11) is 0. The van der Waals surface area contributed by atoms with Crippen LogP contribution in [0, 0.1) is 5.92 Å². The first-order valence-corrected chi connectivity index (χ1v) is 5.44. The van der Waals surface area contributed by atoms with Gasteiger partial charge in [-0.05, 0) is 31.6 Å². The van der Waals surface area contributed by atoms with Crippen molar-refractivity contribution in [2.75, 3.05) is 0 Å². The Labute approximate surface area is 93.4 Å². The van der Waals surface area contributed by atoms with Gasteiger partial charge >= 0.3 is 0 Å². The van der Waals surface area contributed by atoms with Crippen LogP contribution in [0.15, 0.2) is 4.52 Å². The number of primary amides is 1. The number of nitrogens with zero attached hydrogens (tertiary/aromatic N) is 2. The molecule has 0 saturated heterocycles. The van der Waals surface area contributed by atoms with Gasteiger partial charge in [-0.1, -0.05) is 12.1 Å². The lowest BCUT2D eigenvalue weighted by atomic mass is 9.78. The zero-order valence-electron chi connectivity index (χ0n) is 9.27. The van der Waals surface area contributed by atoms with Crippen molar-refractivity contribution in [2.24, 2.45) is 17.4 Å². The Balaban J connectivity index is 2.19. The van der Waals surface area contributed by atoms with Gasteiger partial charge in [-0.15, -0.1) is 0 Å². The quantitative estimate of drug-likeness (QED) is 0.761. The summed E-state index contributed by atoms with van der Waals surface area (Å²) >= 11 is 0. The molecule has 1 aromatic heterocycles. The van der Waals surface area contributed by atoms with Gasteiger partial charge in [0, 0.05) is 0 Å². The molecule has 1 aliphatic carbocycles. The summed E-state index contributed by atoms with van der Waals surface area (Å²) in [6.07, 6.45) is 3.67. The molecule has 88 valence electrons. The van der Waals surface area contributed by atoms with Crippen LogP contribution in [0.1, 0.15) is 49.1 Å². The fraction of sp³-hybridized carbons (Fsp3) is 0.700. The maximum atomic E-state index is 10.8. The van der Waals surface area contributed by atoms with Crippen LogP contribution in [0.25, 0.3) is 0 Å². The average molecular weight is 224 g/mol. The molecule has 0 spiro atoms. The Kier molecular flexibility index (Phi) is 2.67. The number of carbonyl (C=O) groups excluding carboxylic acids is 1. The average Bonchev–Trinajstić information content (AvgIpc) is 2.72. The predicted octanol–water partition coefficient (Wildman–Crippen LogP) is 0.533. The van der Waals surface area contributed by atoms with E-state index in [2.05, 4.69) is 17.1 Å². The van der Waals surface area contributed by atoms with Crippen LogP contribution in [0.4, 0.5) is 0 Å². The zero-order valence-corrected chi connectivity index (χ0v) is 9.27. The highest BCUT2D eigenvalue weighted by atomic mass is 16.5. The van der Waals surface area contributed by atoms with E-state index < -0.39 is 11.4 Å². The van der Waals surface area contributed by atoms with Crippen molar-refractivity contribution in [3.05, 3.63) is 11.7 Å². The number of hydrogen-bond acceptors (Lipinski definition) is 5. The number of aromatic nitrogens is 2. The highest BCUT2D eigenvalue weighted by molar-refractivity contribution is 5.88. The fourth-order valence-electron chi connectivity index (χ4n) is 2.02. The third-order valence-corrected chi connectivity index (χ3v) is 3.24. The largest absolute Gasteiger partial charge is 0.363 e. The summed E-state index contributed by atoms with van der Waals surface area (Å²) < 4.78 is 5.02. The Morgan fingerprint density at radius 1 is 1.50 bits per heavy atom. The minimum atomic E-state index is -0.692. The number of amides is 1. The van der Waals surface area contributed by atoms with Gasteiger partial charge in [0.1, 0.15) is 0 Å². The minimum Gasteiger partial charge on any atom is -0.363 e. The molecular formula is C10H16N4O2. The summed E-state index contributed by atoms with van der Waals surface area (Å²) in [5, 5.41) is 3.51. The second-order valence-corrected chi connectivity index (χ2v) is 4.63. The van der Waals surface area contributed by atoms with Crippen molar-refractivity contribution in [3.8, 4) is 0 Å². The van der Waals surface area contributed by atoms with Gasteiger partial charge in [0.25, 0.3) is 11.7 Å². The number of hydrogen-bond donors (Lipinski definition) is 2. The summed E-state index contributed by atoms with van der Waals surface area (Å²) in [6.45, 7) is 2.20. The van der Waals surface area contributed by atoms with Crippen LogP contribution in [-0.4, -0.2) is 16.0 Å². The Bertz CT molecular complexity index is 393. The van der Waals surface area contributed by atoms with Crippen LogP contribution >= 0.6 is 0 Å². The highest BCUT2D eigenvalue weighted by Gasteiger charge is 2.37. The van der Waals surface area contributed by atoms with Crippen molar-refractivity contribution in [1.82, 2.24) is 10.1 Å². The van der Waals surface area contributed by atoms with E-state index in [1.165, 1.54) is 0 Å². The second kappa shape index (κ2) is 3.86. The van der Waals surface area contributed by atoms with Crippen molar-refractivity contribution < 1.29 is 9.32 Å². The van der Waals surface area contributed by atoms with Crippen molar-refractivity contribution in [3.63, 3.8) is 0 Å². The van der Waals surface area contributed by atoms with Gasteiger partial charge in [0.2, 0.25) is 5.89 Å². The maximum absolute atomic E-state index is 10.8. The van der Waals surface area contributed by atoms with E-state index in [4.69, 9.17) is 16.0 Å². The molecule has 6 nitrogen and oxygen atoms in total. The Morgan fingerprint density at radius 3 is 2.62 bits per heavy atom. The van der Waals surface area contributed by atoms with Gasteiger partial charge in [0.15, 0.2) is 0 Å². The molecule has 0 radical (unpaired) electrons. The van der Waals surface area contributed by atoms with E-state index in [0.29, 0.717) is 11.8 Å². The molecular weight excluding hydrogens is 208 g/mol. The molecule has 16 heavy (non-hydrogen) atoms. The lowest BCUT2D eigenvalue weighted by Gasteiger charge is -2.32. The van der Waals surface area contributed by atoms with Gasteiger partial charge in [-0.2, -0.15) is 4.98 Å². The first-order chi connectivity index (χ1) is 7.51. The molecule has 1 aromatic rings. The Hall–Kier alpha value is -1.43. The smallest absolute Gasteiger partial charge is 0.290 e. The standard InChI is InChI=1S/C10H16N4O2/c1-6-2-4-10(12,5-3-6)9-13-8(7(11)15)14-16-9/h6H,2-5,12H2,1H3,(H2,11,15). The molecule has 0 unspecified atom stereocenters. The lowest BCUT2D eigenvalue weighted by molar-refractivity contribution is 0.0987. The molecule has 1 amide bonds. The summed E-state index contributed by atoms with van der Waals surface area (Å²) in [4.78, 5) is 14.8. The molecule has 1 heterocycles. The molecule has 0 atom stereocenters.